The van der Waals surface area contributed by atoms with Crippen molar-refractivity contribution in [2.24, 2.45) is 11.8 Å². The van der Waals surface area contributed by atoms with Crippen LogP contribution >= 0.6 is 0 Å². The van der Waals surface area contributed by atoms with E-state index in [1.807, 2.05) is 19.2 Å². The van der Waals surface area contributed by atoms with Gasteiger partial charge in [-0.15, -0.1) is 0 Å². The van der Waals surface area contributed by atoms with E-state index in [2.05, 4.69) is 26.6 Å². The fourth-order valence-electron chi connectivity index (χ4n) is 2.92. The van der Waals surface area contributed by atoms with Gasteiger partial charge >= 0.3 is 0 Å². The minimum atomic E-state index is 0.0369. The van der Waals surface area contributed by atoms with Crippen LogP contribution in [0, 0.1) is 11.8 Å². The number of carbonyl (C=O) groups excluding carboxylic acids is 1. The predicted molar refractivity (Wildman–Crippen MR) is 84.5 cm³/mol. The molecule has 3 heterocycles. The summed E-state index contributed by atoms with van der Waals surface area (Å²) in [6, 6.07) is 3.97. The second-order valence-corrected chi connectivity index (χ2v) is 6.15. The molecule has 1 aromatic rings. The number of piperidine rings is 1. The Kier molecular flexibility index (Phi) is 4.39. The van der Waals surface area contributed by atoms with Crippen LogP contribution in [0.15, 0.2) is 18.3 Å². The number of carbonyl (C=O) groups is 1. The lowest BCUT2D eigenvalue weighted by Gasteiger charge is -2.31. The van der Waals surface area contributed by atoms with E-state index in [1.165, 1.54) is 19.3 Å². The molecule has 114 valence electrons. The molecule has 3 rings (SSSR count). The van der Waals surface area contributed by atoms with Crippen LogP contribution in [0.25, 0.3) is 0 Å². The van der Waals surface area contributed by atoms with Gasteiger partial charge in [-0.3, -0.25) is 4.79 Å². The number of nitrogens with one attached hydrogen (secondary N) is 2. The Morgan fingerprint density at radius 1 is 1.33 bits per heavy atom. The van der Waals surface area contributed by atoms with Gasteiger partial charge in [0.15, 0.2) is 0 Å². The molecule has 2 fully saturated rings. The average molecular weight is 288 g/mol. The van der Waals surface area contributed by atoms with Crippen LogP contribution in [0.1, 0.15) is 26.2 Å². The van der Waals surface area contributed by atoms with Gasteiger partial charge in [-0.05, 0) is 50.4 Å². The zero-order chi connectivity index (χ0) is 14.7. The van der Waals surface area contributed by atoms with Crippen molar-refractivity contribution in [3.8, 4) is 0 Å². The Hall–Kier alpha value is -1.62. The van der Waals surface area contributed by atoms with Crippen LogP contribution in [0.4, 0.5) is 11.5 Å². The highest BCUT2D eigenvalue weighted by Gasteiger charge is 2.28. The van der Waals surface area contributed by atoms with Crippen molar-refractivity contribution in [1.29, 1.82) is 0 Å². The lowest BCUT2D eigenvalue weighted by Crippen LogP contribution is -2.48. The number of hydrogen-bond acceptors (Lipinski definition) is 4. The summed E-state index contributed by atoms with van der Waals surface area (Å²) in [5.41, 5.74) is 1.16. The lowest BCUT2D eigenvalue weighted by molar-refractivity contribution is -0.121. The number of amides is 1. The Bertz CT molecular complexity index is 478. The number of anilines is 2. The molecule has 21 heavy (non-hydrogen) atoms. The molecule has 1 atom stereocenters. The molecular formula is C16H24N4O. The van der Waals surface area contributed by atoms with Gasteiger partial charge in [0.25, 0.3) is 0 Å². The van der Waals surface area contributed by atoms with E-state index in [1.54, 1.807) is 0 Å². The minimum absolute atomic E-state index is 0.0369. The van der Waals surface area contributed by atoms with Crippen molar-refractivity contribution in [1.82, 2.24) is 10.3 Å². The van der Waals surface area contributed by atoms with Gasteiger partial charge < -0.3 is 15.5 Å². The SMILES string of the molecule is CC(C(=O)Nc1ccc(N2CCCCC2)cn1)C1CNC1. The van der Waals surface area contributed by atoms with E-state index in [0.717, 1.165) is 31.9 Å². The standard InChI is InChI=1S/C16H24N4O/c1-12(13-9-17-10-13)16(21)19-15-6-5-14(11-18-15)20-7-3-2-4-8-20/h5-6,11-13,17H,2-4,7-10H2,1H3,(H,18,19,21). The molecule has 5 heteroatoms. The van der Waals surface area contributed by atoms with E-state index >= 15 is 0 Å². The molecule has 0 radical (unpaired) electrons. The third-order valence-electron chi connectivity index (χ3n) is 4.65. The van der Waals surface area contributed by atoms with E-state index in [4.69, 9.17) is 0 Å². The Balaban J connectivity index is 1.57. The van der Waals surface area contributed by atoms with Crippen LogP contribution in [0.5, 0.6) is 0 Å². The summed E-state index contributed by atoms with van der Waals surface area (Å²) in [6.07, 6.45) is 5.71. The van der Waals surface area contributed by atoms with Crippen molar-refractivity contribution >= 4 is 17.4 Å². The summed E-state index contributed by atoms with van der Waals surface area (Å²) in [6.45, 7) is 6.09. The summed E-state index contributed by atoms with van der Waals surface area (Å²) in [4.78, 5) is 18.9. The van der Waals surface area contributed by atoms with Crippen molar-refractivity contribution in [3.05, 3.63) is 18.3 Å². The molecule has 0 aromatic carbocycles. The quantitative estimate of drug-likeness (QED) is 0.888. The van der Waals surface area contributed by atoms with Gasteiger partial charge in [-0.1, -0.05) is 6.92 Å². The van der Waals surface area contributed by atoms with Gasteiger partial charge in [-0.2, -0.15) is 0 Å². The Morgan fingerprint density at radius 2 is 2.10 bits per heavy atom. The highest BCUT2D eigenvalue weighted by molar-refractivity contribution is 5.91. The number of hydrogen-bond donors (Lipinski definition) is 2. The topological polar surface area (TPSA) is 57.3 Å². The molecule has 1 amide bonds. The van der Waals surface area contributed by atoms with Crippen LogP contribution in [-0.4, -0.2) is 37.1 Å². The molecule has 0 saturated carbocycles. The molecule has 0 spiro atoms. The molecule has 1 aromatic heterocycles. The number of aromatic nitrogens is 1. The van der Waals surface area contributed by atoms with E-state index in [9.17, 15) is 4.79 Å². The number of nitrogens with zero attached hydrogens (tertiary/aromatic N) is 2. The van der Waals surface area contributed by atoms with Gasteiger partial charge in [0.05, 0.1) is 11.9 Å². The molecular weight excluding hydrogens is 264 g/mol. The number of rotatable bonds is 4. The van der Waals surface area contributed by atoms with E-state index < -0.39 is 0 Å². The first-order valence-electron chi connectivity index (χ1n) is 7.96. The maximum absolute atomic E-state index is 12.1. The minimum Gasteiger partial charge on any atom is -0.370 e. The van der Waals surface area contributed by atoms with Crippen molar-refractivity contribution in [2.45, 2.75) is 26.2 Å². The van der Waals surface area contributed by atoms with Gasteiger partial charge in [0, 0.05) is 19.0 Å². The Morgan fingerprint density at radius 3 is 2.67 bits per heavy atom. The monoisotopic (exact) mass is 288 g/mol. The smallest absolute Gasteiger partial charge is 0.228 e. The first-order chi connectivity index (χ1) is 10.2. The second-order valence-electron chi connectivity index (χ2n) is 6.15. The largest absolute Gasteiger partial charge is 0.370 e. The molecule has 1 unspecified atom stereocenters. The maximum Gasteiger partial charge on any atom is 0.228 e. The number of pyridine rings is 1. The van der Waals surface area contributed by atoms with Crippen LogP contribution in [0.2, 0.25) is 0 Å². The lowest BCUT2D eigenvalue weighted by atomic mass is 9.88. The summed E-state index contributed by atoms with van der Waals surface area (Å²) < 4.78 is 0. The van der Waals surface area contributed by atoms with Crippen molar-refractivity contribution in [2.75, 3.05) is 36.4 Å². The first kappa shape index (κ1) is 14.3. The fourth-order valence-corrected chi connectivity index (χ4v) is 2.92. The predicted octanol–water partition coefficient (Wildman–Crippen LogP) is 1.87. The third-order valence-corrected chi connectivity index (χ3v) is 4.65. The van der Waals surface area contributed by atoms with Gasteiger partial charge in [-0.25, -0.2) is 4.98 Å². The second kappa shape index (κ2) is 6.43. The van der Waals surface area contributed by atoms with Crippen LogP contribution in [0.3, 0.4) is 0 Å². The Labute approximate surface area is 126 Å². The van der Waals surface area contributed by atoms with Crippen molar-refractivity contribution in [3.63, 3.8) is 0 Å². The molecule has 2 saturated heterocycles. The van der Waals surface area contributed by atoms with E-state index in [-0.39, 0.29) is 11.8 Å². The van der Waals surface area contributed by atoms with Crippen LogP contribution in [-0.2, 0) is 4.79 Å². The zero-order valence-corrected chi connectivity index (χ0v) is 12.6. The van der Waals surface area contributed by atoms with E-state index in [0.29, 0.717) is 11.7 Å². The third kappa shape index (κ3) is 3.35. The van der Waals surface area contributed by atoms with Crippen LogP contribution < -0.4 is 15.5 Å². The molecule has 0 aliphatic carbocycles. The summed E-state index contributed by atoms with van der Waals surface area (Å²) in [7, 11) is 0. The average Bonchev–Trinajstić information content (AvgIpc) is 2.47. The highest BCUT2D eigenvalue weighted by atomic mass is 16.1. The summed E-state index contributed by atoms with van der Waals surface area (Å²) >= 11 is 0. The maximum atomic E-state index is 12.1. The molecule has 2 aliphatic heterocycles. The molecule has 2 N–H and O–H groups in total. The summed E-state index contributed by atoms with van der Waals surface area (Å²) in [5, 5.41) is 6.13. The first-order valence-corrected chi connectivity index (χ1v) is 7.96. The fraction of sp³-hybridized carbons (Fsp3) is 0.625. The molecule has 5 nitrogen and oxygen atoms in total. The highest BCUT2D eigenvalue weighted by Crippen LogP contribution is 2.21. The molecule has 2 aliphatic rings. The van der Waals surface area contributed by atoms with Crippen molar-refractivity contribution < 1.29 is 4.79 Å². The molecule has 0 bridgehead atoms. The summed E-state index contributed by atoms with van der Waals surface area (Å²) in [5.74, 6) is 1.21. The zero-order valence-electron chi connectivity index (χ0n) is 12.6. The normalized spacial score (nSPS) is 20.7. The van der Waals surface area contributed by atoms with Gasteiger partial charge in [0.2, 0.25) is 5.91 Å². The van der Waals surface area contributed by atoms with Gasteiger partial charge in [0.1, 0.15) is 5.82 Å².